The van der Waals surface area contributed by atoms with Crippen LogP contribution in [-0.2, 0) is 24.4 Å². The van der Waals surface area contributed by atoms with Crippen LogP contribution >= 0.6 is 11.6 Å². The molecule has 0 fully saturated rings. The summed E-state index contributed by atoms with van der Waals surface area (Å²) in [4.78, 5) is 16.7. The van der Waals surface area contributed by atoms with E-state index in [-0.39, 0.29) is 12.1 Å². The highest BCUT2D eigenvalue weighted by atomic mass is 35.5. The first kappa shape index (κ1) is 31.6. The van der Waals surface area contributed by atoms with E-state index in [1.54, 1.807) is 58.0 Å². The van der Waals surface area contributed by atoms with Gasteiger partial charge in [-0.15, -0.1) is 0 Å². The molecule has 3 rings (SSSR count). The van der Waals surface area contributed by atoms with Crippen molar-refractivity contribution < 1.29 is 40.0 Å². The number of carbonyl (C=O) groups excluding carboxylic acids is 1. The van der Waals surface area contributed by atoms with E-state index in [1.165, 1.54) is 6.07 Å². The molecule has 0 amide bonds. The number of ether oxygens (including phenoxy) is 2. The minimum Gasteiger partial charge on any atom is -0.462 e. The number of benzene rings is 2. The summed E-state index contributed by atoms with van der Waals surface area (Å²) in [6, 6.07) is 11.0. The first-order valence-corrected chi connectivity index (χ1v) is 14.3. The SMILES string of the molecule is CCCCOC(COC(=O)C(C)(C)C)c1c(C)cc2nc(OS(=O)(=O)C(F)(F)F)ccc2c1-c1ccc(Cl)cc1. The van der Waals surface area contributed by atoms with Crippen molar-refractivity contribution in [2.24, 2.45) is 5.41 Å². The van der Waals surface area contributed by atoms with E-state index in [0.29, 0.717) is 39.3 Å². The predicted molar refractivity (Wildman–Crippen MR) is 147 cm³/mol. The number of hydrogen-bond acceptors (Lipinski definition) is 7. The summed E-state index contributed by atoms with van der Waals surface area (Å²) in [5, 5.41) is 0.981. The minimum atomic E-state index is -5.90. The molecular weight excluding hydrogens is 571 g/mol. The fourth-order valence-electron chi connectivity index (χ4n) is 3.90. The largest absolute Gasteiger partial charge is 0.534 e. The Morgan fingerprint density at radius 2 is 1.73 bits per heavy atom. The van der Waals surface area contributed by atoms with Crippen LogP contribution in [0.5, 0.6) is 5.88 Å². The maximum atomic E-state index is 12.9. The van der Waals surface area contributed by atoms with Gasteiger partial charge in [0, 0.05) is 23.1 Å². The second-order valence-corrected chi connectivity index (χ2v) is 12.2. The summed E-state index contributed by atoms with van der Waals surface area (Å²) in [6.07, 6.45) is 0.958. The molecule has 0 aliphatic carbocycles. The maximum absolute atomic E-state index is 12.9. The van der Waals surface area contributed by atoms with Crippen molar-refractivity contribution in [2.45, 2.75) is 59.1 Å². The van der Waals surface area contributed by atoms with Gasteiger partial charge in [0.25, 0.3) is 0 Å². The van der Waals surface area contributed by atoms with Gasteiger partial charge < -0.3 is 13.7 Å². The Hall–Kier alpha value is -2.89. The molecule has 0 saturated heterocycles. The molecule has 40 heavy (non-hydrogen) atoms. The molecular formula is C28H31ClF3NO6S. The number of carbonyl (C=O) groups is 1. The Bertz CT molecular complexity index is 1470. The number of aryl methyl sites for hydroxylation is 1. The van der Waals surface area contributed by atoms with Crippen LogP contribution in [0, 0.1) is 12.3 Å². The third kappa shape index (κ3) is 7.44. The van der Waals surface area contributed by atoms with E-state index in [0.717, 1.165) is 18.9 Å². The van der Waals surface area contributed by atoms with Gasteiger partial charge in [0.15, 0.2) is 0 Å². The average Bonchev–Trinajstić information content (AvgIpc) is 2.84. The van der Waals surface area contributed by atoms with E-state index < -0.39 is 39.0 Å². The number of fused-ring (bicyclic) bond motifs is 1. The molecule has 0 N–H and O–H groups in total. The molecule has 1 unspecified atom stereocenters. The molecule has 1 aromatic heterocycles. The first-order valence-electron chi connectivity index (χ1n) is 12.5. The van der Waals surface area contributed by atoms with Crippen LogP contribution in [-0.4, -0.2) is 38.1 Å². The lowest BCUT2D eigenvalue weighted by atomic mass is 9.89. The Morgan fingerprint density at radius 1 is 1.07 bits per heavy atom. The van der Waals surface area contributed by atoms with Gasteiger partial charge in [-0.25, -0.2) is 4.98 Å². The average molecular weight is 602 g/mol. The normalized spacial score (nSPS) is 13.3. The standard InChI is InChI=1S/C28H31ClF3NO6S/c1-6-7-14-37-22(16-38-26(34)27(3,4)5)24-17(2)15-21-20(25(24)18-8-10-19(29)11-9-18)12-13-23(33-21)39-40(35,36)28(30,31)32/h8-13,15,22H,6-7,14,16H2,1-5H3. The molecule has 0 aliphatic rings. The highest BCUT2D eigenvalue weighted by Gasteiger charge is 2.48. The highest BCUT2D eigenvalue weighted by Crippen LogP contribution is 2.40. The van der Waals surface area contributed by atoms with Gasteiger partial charge in [0.1, 0.15) is 12.7 Å². The second kappa shape index (κ2) is 12.3. The summed E-state index contributed by atoms with van der Waals surface area (Å²) in [5.74, 6) is -1.13. The molecule has 0 bridgehead atoms. The molecule has 0 spiro atoms. The summed E-state index contributed by atoms with van der Waals surface area (Å²) in [6.45, 7) is 9.32. The molecule has 2 aromatic carbocycles. The van der Waals surface area contributed by atoms with Gasteiger partial charge in [-0.2, -0.15) is 21.6 Å². The Labute approximate surface area is 236 Å². The molecule has 7 nitrogen and oxygen atoms in total. The Kier molecular flexibility index (Phi) is 9.74. The smallest absolute Gasteiger partial charge is 0.462 e. The van der Waals surface area contributed by atoms with Gasteiger partial charge in [-0.05, 0) is 80.6 Å². The van der Waals surface area contributed by atoms with Crippen molar-refractivity contribution in [1.82, 2.24) is 4.98 Å². The first-order chi connectivity index (χ1) is 18.5. The lowest BCUT2D eigenvalue weighted by Gasteiger charge is -2.26. The van der Waals surface area contributed by atoms with Crippen molar-refractivity contribution in [3.63, 3.8) is 0 Å². The lowest BCUT2D eigenvalue weighted by molar-refractivity contribution is -0.157. The van der Waals surface area contributed by atoms with Crippen molar-refractivity contribution in [1.29, 1.82) is 0 Å². The molecule has 0 saturated carbocycles. The summed E-state index contributed by atoms with van der Waals surface area (Å²) >= 11 is 6.12. The zero-order valence-corrected chi connectivity index (χ0v) is 24.3. The fourth-order valence-corrected chi connectivity index (χ4v) is 4.44. The fraction of sp³-hybridized carbons (Fsp3) is 0.429. The topological polar surface area (TPSA) is 91.8 Å². The summed E-state index contributed by atoms with van der Waals surface area (Å²) in [7, 11) is -5.90. The van der Waals surface area contributed by atoms with E-state index in [4.69, 9.17) is 21.1 Å². The van der Waals surface area contributed by atoms with Gasteiger partial charge in [0.05, 0.1) is 10.9 Å². The van der Waals surface area contributed by atoms with Gasteiger partial charge in [-0.3, -0.25) is 4.79 Å². The Balaban J connectivity index is 2.21. The monoisotopic (exact) mass is 601 g/mol. The molecule has 0 radical (unpaired) electrons. The number of aromatic nitrogens is 1. The van der Waals surface area contributed by atoms with E-state index in [1.807, 2.05) is 6.92 Å². The van der Waals surface area contributed by atoms with Crippen molar-refractivity contribution >= 4 is 38.6 Å². The molecule has 218 valence electrons. The number of esters is 1. The maximum Gasteiger partial charge on any atom is 0.534 e. The molecule has 12 heteroatoms. The van der Waals surface area contributed by atoms with Crippen LogP contribution in [0.15, 0.2) is 42.5 Å². The second-order valence-electron chi connectivity index (χ2n) is 10.2. The van der Waals surface area contributed by atoms with E-state index >= 15 is 0 Å². The van der Waals surface area contributed by atoms with Crippen molar-refractivity contribution in [3.05, 3.63) is 58.6 Å². The number of alkyl halides is 3. The quantitative estimate of drug-likeness (QED) is 0.103. The predicted octanol–water partition coefficient (Wildman–Crippen LogP) is 7.54. The van der Waals surface area contributed by atoms with E-state index in [2.05, 4.69) is 9.17 Å². The zero-order valence-electron chi connectivity index (χ0n) is 22.8. The number of halogens is 4. The van der Waals surface area contributed by atoms with Crippen LogP contribution in [0.2, 0.25) is 5.02 Å². The van der Waals surface area contributed by atoms with E-state index in [9.17, 15) is 26.4 Å². The number of rotatable bonds is 10. The zero-order chi connectivity index (χ0) is 29.9. The van der Waals surface area contributed by atoms with Crippen molar-refractivity contribution in [2.75, 3.05) is 13.2 Å². The van der Waals surface area contributed by atoms with Crippen LogP contribution in [0.3, 0.4) is 0 Å². The number of unbranched alkanes of at least 4 members (excludes halogenated alkanes) is 1. The summed E-state index contributed by atoms with van der Waals surface area (Å²) in [5.41, 5.74) is -3.51. The van der Waals surface area contributed by atoms with Gasteiger partial charge in [0.2, 0.25) is 5.88 Å². The van der Waals surface area contributed by atoms with Crippen LogP contribution in [0.1, 0.15) is 57.8 Å². The van der Waals surface area contributed by atoms with Gasteiger partial charge in [-0.1, -0.05) is 37.1 Å². The summed E-state index contributed by atoms with van der Waals surface area (Å²) < 4.78 is 77.9. The number of nitrogens with zero attached hydrogens (tertiary/aromatic N) is 1. The van der Waals surface area contributed by atoms with Crippen LogP contribution in [0.4, 0.5) is 13.2 Å². The van der Waals surface area contributed by atoms with Crippen LogP contribution < -0.4 is 4.18 Å². The molecule has 1 atom stereocenters. The van der Waals surface area contributed by atoms with Crippen molar-refractivity contribution in [3.8, 4) is 17.0 Å². The highest BCUT2D eigenvalue weighted by molar-refractivity contribution is 7.87. The third-order valence-corrected chi connectivity index (χ3v) is 7.15. The molecule has 0 aliphatic heterocycles. The lowest BCUT2D eigenvalue weighted by Crippen LogP contribution is -2.28. The third-order valence-electron chi connectivity index (χ3n) is 5.94. The van der Waals surface area contributed by atoms with Crippen LogP contribution in [0.25, 0.3) is 22.0 Å². The molecule has 1 heterocycles. The Morgan fingerprint density at radius 3 is 2.30 bits per heavy atom. The number of hydrogen-bond donors (Lipinski definition) is 0. The minimum absolute atomic E-state index is 0.0782. The molecule has 3 aromatic rings. The van der Waals surface area contributed by atoms with Gasteiger partial charge >= 0.3 is 21.6 Å². The number of pyridine rings is 1.